The van der Waals surface area contributed by atoms with E-state index in [1.807, 2.05) is 13.8 Å². The normalized spacial score (nSPS) is 12.3. The maximum absolute atomic E-state index is 10.8. The van der Waals surface area contributed by atoms with Gasteiger partial charge in [0.15, 0.2) is 0 Å². The molecule has 0 fully saturated rings. The predicted octanol–water partition coefficient (Wildman–Crippen LogP) is -0.352. The van der Waals surface area contributed by atoms with Gasteiger partial charge in [0.25, 0.3) is 0 Å². The largest absolute Gasteiger partial charge is 0.246 e. The third kappa shape index (κ3) is 2.78. The van der Waals surface area contributed by atoms with Gasteiger partial charge in [0.1, 0.15) is 17.9 Å². The summed E-state index contributed by atoms with van der Waals surface area (Å²) >= 11 is 0. The molecule has 0 aliphatic rings. The van der Waals surface area contributed by atoms with Crippen LogP contribution in [0.4, 0.5) is 0 Å². The minimum Gasteiger partial charge on any atom is -0.246 e. The van der Waals surface area contributed by atoms with E-state index in [9.17, 15) is 8.42 Å². The minimum atomic E-state index is -3.53. The van der Waals surface area contributed by atoms with Crippen LogP contribution in [0, 0.1) is 0 Å². The van der Waals surface area contributed by atoms with Crippen molar-refractivity contribution in [1.82, 2.24) is 14.8 Å². The van der Waals surface area contributed by atoms with E-state index >= 15 is 0 Å². The molecule has 0 amide bonds. The summed E-state index contributed by atoms with van der Waals surface area (Å²) < 4.78 is 23.1. The van der Waals surface area contributed by atoms with E-state index in [0.717, 1.165) is 0 Å². The lowest BCUT2D eigenvalue weighted by molar-refractivity contribution is 0.510. The Morgan fingerprint density at radius 3 is 2.69 bits per heavy atom. The van der Waals surface area contributed by atoms with Crippen LogP contribution in [-0.4, -0.2) is 23.2 Å². The zero-order valence-electron chi connectivity index (χ0n) is 7.51. The Kier molecular flexibility index (Phi) is 2.67. The van der Waals surface area contributed by atoms with Gasteiger partial charge in [-0.1, -0.05) is 0 Å². The highest BCUT2D eigenvalue weighted by Gasteiger charge is 2.13. The Hall–Kier alpha value is -0.950. The zero-order chi connectivity index (χ0) is 10.1. The zero-order valence-corrected chi connectivity index (χ0v) is 8.32. The topological polar surface area (TPSA) is 90.9 Å². The molecule has 0 aliphatic heterocycles. The van der Waals surface area contributed by atoms with Crippen molar-refractivity contribution in [2.45, 2.75) is 25.6 Å². The molecule has 0 radical (unpaired) electrons. The summed E-state index contributed by atoms with van der Waals surface area (Å²) in [5, 5.41) is 8.77. The summed E-state index contributed by atoms with van der Waals surface area (Å²) in [4.78, 5) is 3.82. The highest BCUT2D eigenvalue weighted by molar-refractivity contribution is 7.88. The summed E-state index contributed by atoms with van der Waals surface area (Å²) in [5.41, 5.74) is 0. The van der Waals surface area contributed by atoms with E-state index in [4.69, 9.17) is 5.14 Å². The quantitative estimate of drug-likeness (QED) is 0.728. The fraction of sp³-hybridized carbons (Fsp3) is 0.667. The first-order chi connectivity index (χ1) is 5.90. The van der Waals surface area contributed by atoms with Crippen LogP contribution >= 0.6 is 0 Å². The third-order valence-corrected chi connectivity index (χ3v) is 2.13. The molecule has 2 N–H and O–H groups in total. The second kappa shape index (κ2) is 3.43. The molecule has 74 valence electrons. The second-order valence-electron chi connectivity index (χ2n) is 3.02. The summed E-state index contributed by atoms with van der Waals surface area (Å²) in [5.74, 6) is 0.100. The number of sulfonamides is 1. The van der Waals surface area contributed by atoms with Crippen LogP contribution in [0.15, 0.2) is 6.33 Å². The number of primary sulfonamides is 1. The van der Waals surface area contributed by atoms with E-state index in [1.54, 1.807) is 0 Å². The van der Waals surface area contributed by atoms with E-state index in [2.05, 4.69) is 10.1 Å². The molecule has 1 heterocycles. The summed E-state index contributed by atoms with van der Waals surface area (Å²) in [6, 6.07) is 0.0826. The number of aromatic nitrogens is 3. The van der Waals surface area contributed by atoms with E-state index in [1.165, 1.54) is 11.0 Å². The molecule has 0 aliphatic carbocycles. The maximum Gasteiger partial charge on any atom is 0.216 e. The van der Waals surface area contributed by atoms with Gasteiger partial charge in [0, 0.05) is 6.04 Å². The van der Waals surface area contributed by atoms with Crippen molar-refractivity contribution in [2.75, 3.05) is 0 Å². The lowest BCUT2D eigenvalue weighted by atomic mass is 10.4. The molecule has 0 saturated carbocycles. The maximum atomic E-state index is 10.8. The highest BCUT2D eigenvalue weighted by atomic mass is 32.2. The van der Waals surface area contributed by atoms with Gasteiger partial charge in [0.2, 0.25) is 10.0 Å². The number of hydrogen-bond acceptors (Lipinski definition) is 4. The smallest absolute Gasteiger partial charge is 0.216 e. The van der Waals surface area contributed by atoms with Crippen LogP contribution in [0.5, 0.6) is 0 Å². The Morgan fingerprint density at radius 2 is 2.23 bits per heavy atom. The molecule has 1 aromatic heterocycles. The molecular weight excluding hydrogens is 192 g/mol. The molecule has 6 nitrogen and oxygen atoms in total. The van der Waals surface area contributed by atoms with Crippen LogP contribution < -0.4 is 5.14 Å². The Balaban J connectivity index is 2.96. The van der Waals surface area contributed by atoms with Crippen molar-refractivity contribution in [1.29, 1.82) is 0 Å². The Morgan fingerprint density at radius 1 is 1.62 bits per heavy atom. The van der Waals surface area contributed by atoms with Gasteiger partial charge in [0.05, 0.1) is 0 Å². The number of nitrogens with two attached hydrogens (primary N) is 1. The fourth-order valence-corrected chi connectivity index (χ4v) is 1.56. The first-order valence-corrected chi connectivity index (χ1v) is 5.50. The molecule has 0 aromatic carbocycles. The van der Waals surface area contributed by atoms with Crippen molar-refractivity contribution in [3.63, 3.8) is 0 Å². The number of rotatable bonds is 3. The molecule has 13 heavy (non-hydrogen) atoms. The van der Waals surface area contributed by atoms with Crippen molar-refractivity contribution in [2.24, 2.45) is 5.14 Å². The standard InChI is InChI=1S/C6H12N4O2S/c1-5(2)10-6(8-4-9-10)3-13(7,11)12/h4-5H,3H2,1-2H3,(H2,7,11,12). The van der Waals surface area contributed by atoms with Crippen LogP contribution in [0.1, 0.15) is 25.7 Å². The van der Waals surface area contributed by atoms with Gasteiger partial charge in [-0.25, -0.2) is 23.2 Å². The van der Waals surface area contributed by atoms with Crippen LogP contribution in [0.25, 0.3) is 0 Å². The second-order valence-corrected chi connectivity index (χ2v) is 4.64. The fourth-order valence-electron chi connectivity index (χ4n) is 0.989. The monoisotopic (exact) mass is 204 g/mol. The predicted molar refractivity (Wildman–Crippen MR) is 47.2 cm³/mol. The van der Waals surface area contributed by atoms with E-state index < -0.39 is 10.0 Å². The Bertz CT molecular complexity index is 381. The number of hydrogen-bond donors (Lipinski definition) is 1. The summed E-state index contributed by atoms with van der Waals surface area (Å²) in [7, 11) is -3.53. The molecule has 0 unspecified atom stereocenters. The van der Waals surface area contributed by atoms with Crippen LogP contribution in [0.2, 0.25) is 0 Å². The summed E-state index contributed by atoms with van der Waals surface area (Å²) in [6.45, 7) is 3.78. The average molecular weight is 204 g/mol. The third-order valence-electron chi connectivity index (χ3n) is 1.47. The van der Waals surface area contributed by atoms with Gasteiger partial charge in [-0.05, 0) is 13.8 Å². The molecule has 0 spiro atoms. The molecular formula is C6H12N4O2S. The van der Waals surface area contributed by atoms with Crippen LogP contribution in [-0.2, 0) is 15.8 Å². The summed E-state index contributed by atoms with van der Waals surface area (Å²) in [6.07, 6.45) is 1.32. The molecule has 0 bridgehead atoms. The van der Waals surface area contributed by atoms with Gasteiger partial charge in [-0.15, -0.1) is 0 Å². The molecule has 0 saturated heterocycles. The Labute approximate surface area is 76.8 Å². The van der Waals surface area contributed by atoms with Gasteiger partial charge >= 0.3 is 0 Å². The molecule has 7 heteroatoms. The SMILES string of the molecule is CC(C)n1ncnc1CS(N)(=O)=O. The van der Waals surface area contributed by atoms with Gasteiger partial charge in [-0.3, -0.25) is 0 Å². The lowest BCUT2D eigenvalue weighted by Gasteiger charge is -2.07. The van der Waals surface area contributed by atoms with Gasteiger partial charge < -0.3 is 0 Å². The van der Waals surface area contributed by atoms with Crippen molar-refractivity contribution in [3.05, 3.63) is 12.2 Å². The lowest BCUT2D eigenvalue weighted by Crippen LogP contribution is -2.19. The number of nitrogens with zero attached hydrogens (tertiary/aromatic N) is 3. The van der Waals surface area contributed by atoms with Crippen molar-refractivity contribution in [3.8, 4) is 0 Å². The van der Waals surface area contributed by atoms with Crippen LogP contribution in [0.3, 0.4) is 0 Å². The van der Waals surface area contributed by atoms with E-state index in [0.29, 0.717) is 5.82 Å². The highest BCUT2D eigenvalue weighted by Crippen LogP contribution is 2.06. The van der Waals surface area contributed by atoms with Gasteiger partial charge in [-0.2, -0.15) is 5.10 Å². The van der Waals surface area contributed by atoms with E-state index in [-0.39, 0.29) is 11.8 Å². The molecule has 0 atom stereocenters. The minimum absolute atomic E-state index is 0.0826. The molecule has 1 aromatic rings. The van der Waals surface area contributed by atoms with Crippen molar-refractivity contribution >= 4 is 10.0 Å². The first kappa shape index (κ1) is 10.1. The molecule has 1 rings (SSSR count). The average Bonchev–Trinajstić information content (AvgIpc) is 2.31. The first-order valence-electron chi connectivity index (χ1n) is 3.79. The van der Waals surface area contributed by atoms with Crippen molar-refractivity contribution < 1.29 is 8.42 Å².